The summed E-state index contributed by atoms with van der Waals surface area (Å²) in [5.74, 6) is -1.73. The Hall–Kier alpha value is -1.72. The van der Waals surface area contributed by atoms with Gasteiger partial charge in [-0.25, -0.2) is 8.78 Å². The smallest absolute Gasteiger partial charge is 0.423 e. The second-order valence-electron chi connectivity index (χ2n) is 3.59. The average Bonchev–Trinajstić information content (AvgIpc) is 2.28. The number of benzene rings is 2. The van der Waals surface area contributed by atoms with Crippen LogP contribution >= 0.6 is 0 Å². The molecule has 2 nitrogen and oxygen atoms in total. The summed E-state index contributed by atoms with van der Waals surface area (Å²) in [7, 11) is -1.98. The molecule has 0 saturated heterocycles. The Morgan fingerprint density at radius 3 is 2.18 bits per heavy atom. The normalized spacial score (nSPS) is 10.4. The minimum absolute atomic E-state index is 0.137. The molecule has 0 amide bonds. The standard InChI is InChI=1S/C12H9BF2O2/c14-9-6-10(8-4-2-1-3-5-8)12(13(16)17)11(15)7-9/h1-7,16-17H. The van der Waals surface area contributed by atoms with Crippen LogP contribution in [0.1, 0.15) is 0 Å². The Morgan fingerprint density at radius 2 is 1.59 bits per heavy atom. The summed E-state index contributed by atoms with van der Waals surface area (Å²) < 4.78 is 26.6. The van der Waals surface area contributed by atoms with Gasteiger partial charge in [0.25, 0.3) is 0 Å². The fourth-order valence-corrected chi connectivity index (χ4v) is 1.70. The van der Waals surface area contributed by atoms with E-state index in [0.717, 1.165) is 6.07 Å². The lowest BCUT2D eigenvalue weighted by molar-refractivity contribution is 0.423. The zero-order chi connectivity index (χ0) is 12.4. The highest BCUT2D eigenvalue weighted by atomic mass is 19.1. The van der Waals surface area contributed by atoms with Gasteiger partial charge in [0.2, 0.25) is 0 Å². The topological polar surface area (TPSA) is 40.5 Å². The van der Waals surface area contributed by atoms with Crippen molar-refractivity contribution in [3.8, 4) is 11.1 Å². The average molecular weight is 234 g/mol. The van der Waals surface area contributed by atoms with E-state index in [1.807, 2.05) is 0 Å². The molecule has 2 rings (SSSR count). The molecule has 17 heavy (non-hydrogen) atoms. The molecule has 0 bridgehead atoms. The fraction of sp³-hybridized carbons (Fsp3) is 0. The van der Waals surface area contributed by atoms with E-state index in [4.69, 9.17) is 10.0 Å². The third-order valence-electron chi connectivity index (χ3n) is 2.44. The molecule has 0 atom stereocenters. The molecule has 5 heteroatoms. The van der Waals surface area contributed by atoms with Crippen molar-refractivity contribution in [2.24, 2.45) is 0 Å². The Balaban J connectivity index is 2.68. The minimum atomic E-state index is -1.98. The van der Waals surface area contributed by atoms with Crippen LogP contribution in [0.3, 0.4) is 0 Å². The summed E-state index contributed by atoms with van der Waals surface area (Å²) in [5.41, 5.74) is 0.338. The van der Waals surface area contributed by atoms with Gasteiger partial charge in [0, 0.05) is 11.5 Å². The quantitative estimate of drug-likeness (QED) is 0.769. The van der Waals surface area contributed by atoms with Crippen LogP contribution in [0, 0.1) is 11.6 Å². The van der Waals surface area contributed by atoms with Crippen molar-refractivity contribution < 1.29 is 18.8 Å². The van der Waals surface area contributed by atoms with Gasteiger partial charge in [0.05, 0.1) is 0 Å². The van der Waals surface area contributed by atoms with Crippen molar-refractivity contribution >= 4 is 12.6 Å². The van der Waals surface area contributed by atoms with Gasteiger partial charge in [-0.2, -0.15) is 0 Å². The zero-order valence-corrected chi connectivity index (χ0v) is 8.77. The molecule has 2 aromatic rings. The van der Waals surface area contributed by atoms with E-state index in [0.29, 0.717) is 11.6 Å². The molecule has 0 heterocycles. The van der Waals surface area contributed by atoms with Crippen molar-refractivity contribution in [2.75, 3.05) is 0 Å². The molecular formula is C12H9BF2O2. The van der Waals surface area contributed by atoms with Crippen molar-refractivity contribution in [3.05, 3.63) is 54.1 Å². The van der Waals surface area contributed by atoms with Crippen LogP contribution in [0.4, 0.5) is 8.78 Å². The van der Waals surface area contributed by atoms with Gasteiger partial charge in [0.15, 0.2) is 0 Å². The Labute approximate surface area is 97.3 Å². The predicted octanol–water partition coefficient (Wildman–Crippen LogP) is 1.31. The molecular weight excluding hydrogens is 225 g/mol. The van der Waals surface area contributed by atoms with E-state index in [2.05, 4.69) is 0 Å². The predicted molar refractivity (Wildman–Crippen MR) is 61.6 cm³/mol. The van der Waals surface area contributed by atoms with Crippen LogP contribution in [0.5, 0.6) is 0 Å². The largest absolute Gasteiger partial charge is 0.492 e. The van der Waals surface area contributed by atoms with E-state index < -0.39 is 18.8 Å². The summed E-state index contributed by atoms with van der Waals surface area (Å²) in [6, 6.07) is 10.1. The van der Waals surface area contributed by atoms with Crippen LogP contribution in [-0.4, -0.2) is 17.2 Å². The van der Waals surface area contributed by atoms with Gasteiger partial charge in [-0.3, -0.25) is 0 Å². The molecule has 86 valence electrons. The molecule has 0 aliphatic heterocycles. The summed E-state index contributed by atoms with van der Waals surface area (Å²) in [4.78, 5) is 0. The highest BCUT2D eigenvalue weighted by Crippen LogP contribution is 2.19. The van der Waals surface area contributed by atoms with Crippen LogP contribution < -0.4 is 5.46 Å². The first-order chi connectivity index (χ1) is 8.09. The van der Waals surface area contributed by atoms with Crippen LogP contribution in [-0.2, 0) is 0 Å². The van der Waals surface area contributed by atoms with Crippen LogP contribution in [0.15, 0.2) is 42.5 Å². The summed E-state index contributed by atoms with van der Waals surface area (Å²) >= 11 is 0. The van der Waals surface area contributed by atoms with E-state index in [-0.39, 0.29) is 11.0 Å². The molecule has 0 aromatic heterocycles. The van der Waals surface area contributed by atoms with Gasteiger partial charge in [-0.05, 0) is 17.2 Å². The van der Waals surface area contributed by atoms with Gasteiger partial charge >= 0.3 is 7.12 Å². The highest BCUT2D eigenvalue weighted by molar-refractivity contribution is 6.60. The van der Waals surface area contributed by atoms with Crippen molar-refractivity contribution in [2.45, 2.75) is 0 Å². The summed E-state index contributed by atoms with van der Waals surface area (Å²) in [6.45, 7) is 0. The molecule has 2 aromatic carbocycles. The molecule has 0 spiro atoms. The number of hydrogen-bond donors (Lipinski definition) is 2. The van der Waals surface area contributed by atoms with E-state index in [9.17, 15) is 8.78 Å². The summed E-state index contributed by atoms with van der Waals surface area (Å²) in [5, 5.41) is 18.3. The Bertz CT molecular complexity index is 530. The first kappa shape index (κ1) is 11.8. The highest BCUT2D eigenvalue weighted by Gasteiger charge is 2.22. The molecule has 0 aliphatic rings. The van der Waals surface area contributed by atoms with Crippen molar-refractivity contribution in [1.29, 1.82) is 0 Å². The van der Waals surface area contributed by atoms with Crippen molar-refractivity contribution in [1.82, 2.24) is 0 Å². The lowest BCUT2D eigenvalue weighted by Gasteiger charge is -2.10. The maximum atomic E-state index is 13.5. The first-order valence-electron chi connectivity index (χ1n) is 5.00. The zero-order valence-electron chi connectivity index (χ0n) is 8.77. The Morgan fingerprint density at radius 1 is 0.941 bits per heavy atom. The molecule has 0 unspecified atom stereocenters. The molecule has 0 radical (unpaired) electrons. The van der Waals surface area contributed by atoms with Crippen LogP contribution in [0.25, 0.3) is 11.1 Å². The molecule has 0 aliphatic carbocycles. The van der Waals surface area contributed by atoms with Gasteiger partial charge in [-0.15, -0.1) is 0 Å². The third kappa shape index (κ3) is 2.35. The SMILES string of the molecule is OB(O)c1c(F)cc(F)cc1-c1ccccc1. The van der Waals surface area contributed by atoms with Crippen molar-refractivity contribution in [3.63, 3.8) is 0 Å². The Kier molecular flexibility index (Phi) is 3.22. The number of rotatable bonds is 2. The second-order valence-corrected chi connectivity index (χ2v) is 3.59. The van der Waals surface area contributed by atoms with E-state index in [1.54, 1.807) is 30.3 Å². The van der Waals surface area contributed by atoms with Gasteiger partial charge < -0.3 is 10.0 Å². The maximum absolute atomic E-state index is 13.5. The fourth-order valence-electron chi connectivity index (χ4n) is 1.70. The lowest BCUT2D eigenvalue weighted by Crippen LogP contribution is -2.34. The molecule has 2 N–H and O–H groups in total. The maximum Gasteiger partial charge on any atom is 0.492 e. The van der Waals surface area contributed by atoms with E-state index in [1.165, 1.54) is 0 Å². The monoisotopic (exact) mass is 234 g/mol. The third-order valence-corrected chi connectivity index (χ3v) is 2.44. The van der Waals surface area contributed by atoms with Crippen LogP contribution in [0.2, 0.25) is 0 Å². The molecule has 0 saturated carbocycles. The first-order valence-corrected chi connectivity index (χ1v) is 5.00. The number of halogens is 2. The van der Waals surface area contributed by atoms with Gasteiger partial charge in [-0.1, -0.05) is 30.3 Å². The van der Waals surface area contributed by atoms with E-state index >= 15 is 0 Å². The minimum Gasteiger partial charge on any atom is -0.423 e. The lowest BCUT2D eigenvalue weighted by atomic mass is 9.75. The number of hydrogen-bond acceptors (Lipinski definition) is 2. The summed E-state index contributed by atoms with van der Waals surface area (Å²) in [6.07, 6.45) is 0. The van der Waals surface area contributed by atoms with Gasteiger partial charge in [0.1, 0.15) is 11.6 Å². The second kappa shape index (κ2) is 4.65. The molecule has 0 fully saturated rings.